The number of hydrogen-bond donors (Lipinski definition) is 1. The second kappa shape index (κ2) is 5.82. The fraction of sp³-hybridized carbons (Fsp3) is 0.250. The minimum Gasteiger partial charge on any atom is -0.507 e. The van der Waals surface area contributed by atoms with Gasteiger partial charge in [-0.05, 0) is 49.6 Å². The number of phenolic OH excluding ortho intramolecular Hbond substituents is 1. The Kier molecular flexibility index (Phi) is 3.56. The van der Waals surface area contributed by atoms with E-state index in [0.29, 0.717) is 23.3 Å². The van der Waals surface area contributed by atoms with Crippen LogP contribution in [0.5, 0.6) is 5.75 Å². The third kappa shape index (κ3) is 2.76. The number of aryl methyl sites for hydroxylation is 1. The monoisotopic (exact) mass is 400 g/mol. The number of benzene rings is 1. The quantitative estimate of drug-likeness (QED) is 0.541. The van der Waals surface area contributed by atoms with Crippen molar-refractivity contribution < 1.29 is 22.7 Å². The molecule has 3 aromatic heterocycles. The summed E-state index contributed by atoms with van der Waals surface area (Å²) >= 11 is 0. The van der Waals surface area contributed by atoms with Crippen LogP contribution in [0.1, 0.15) is 29.9 Å². The van der Waals surface area contributed by atoms with Crippen LogP contribution in [-0.2, 0) is 11.7 Å². The van der Waals surface area contributed by atoms with Gasteiger partial charge >= 0.3 is 6.18 Å². The summed E-state index contributed by atoms with van der Waals surface area (Å²) in [5.74, 6) is 0.115. The van der Waals surface area contributed by atoms with Crippen molar-refractivity contribution in [2.24, 2.45) is 0 Å². The van der Waals surface area contributed by atoms with E-state index in [1.165, 1.54) is 13.2 Å². The predicted octanol–water partition coefficient (Wildman–Crippen LogP) is 4.66. The first-order valence-electron chi connectivity index (χ1n) is 8.96. The van der Waals surface area contributed by atoms with E-state index < -0.39 is 23.0 Å². The van der Waals surface area contributed by atoms with Gasteiger partial charge in [-0.15, -0.1) is 0 Å². The number of hydrogen-bond acceptors (Lipinski definition) is 5. The highest BCUT2D eigenvalue weighted by atomic mass is 19.4. The van der Waals surface area contributed by atoms with Gasteiger partial charge in [0.2, 0.25) is 5.89 Å². The molecule has 6 nitrogen and oxygen atoms in total. The number of aromatic nitrogens is 4. The summed E-state index contributed by atoms with van der Waals surface area (Å²) in [7, 11) is 0. The van der Waals surface area contributed by atoms with Crippen LogP contribution in [0.3, 0.4) is 0 Å². The zero-order valence-electron chi connectivity index (χ0n) is 15.2. The maximum Gasteiger partial charge on any atom is 0.416 e. The van der Waals surface area contributed by atoms with Crippen LogP contribution in [0.2, 0.25) is 0 Å². The topological polar surface area (TPSA) is 77.0 Å². The van der Waals surface area contributed by atoms with Gasteiger partial charge in [-0.3, -0.25) is 4.68 Å². The van der Waals surface area contributed by atoms with Crippen molar-refractivity contribution in [2.45, 2.75) is 31.5 Å². The summed E-state index contributed by atoms with van der Waals surface area (Å²) in [6, 6.07) is 5.16. The Bertz CT molecular complexity index is 1200. The Balaban J connectivity index is 1.58. The van der Waals surface area contributed by atoms with Gasteiger partial charge in [0.1, 0.15) is 17.6 Å². The molecule has 0 spiro atoms. The van der Waals surface area contributed by atoms with Crippen LogP contribution in [0.15, 0.2) is 47.3 Å². The highest BCUT2D eigenvalue weighted by molar-refractivity contribution is 5.80. The van der Waals surface area contributed by atoms with E-state index in [1.807, 2.05) is 6.20 Å². The minimum absolute atomic E-state index is 0.253. The third-order valence-electron chi connectivity index (χ3n) is 5.26. The number of nitrogens with zero attached hydrogens (tertiary/aromatic N) is 4. The number of oxazole rings is 1. The highest BCUT2D eigenvalue weighted by Gasteiger charge is 2.51. The number of fused-ring (bicyclic) bond motifs is 1. The summed E-state index contributed by atoms with van der Waals surface area (Å²) < 4.78 is 46.2. The molecule has 1 aliphatic rings. The van der Waals surface area contributed by atoms with Crippen molar-refractivity contribution in [3.63, 3.8) is 0 Å². The van der Waals surface area contributed by atoms with Gasteiger partial charge < -0.3 is 9.52 Å². The second-order valence-electron chi connectivity index (χ2n) is 7.24. The van der Waals surface area contributed by atoms with Gasteiger partial charge in [-0.1, -0.05) is 0 Å². The maximum atomic E-state index is 13.0. The highest BCUT2D eigenvalue weighted by Crippen LogP contribution is 2.48. The summed E-state index contributed by atoms with van der Waals surface area (Å²) in [4.78, 5) is 8.72. The molecular formula is C20H15F3N4O2. The van der Waals surface area contributed by atoms with E-state index in [1.54, 1.807) is 23.0 Å². The lowest BCUT2D eigenvalue weighted by Gasteiger charge is -2.13. The summed E-state index contributed by atoms with van der Waals surface area (Å²) in [5.41, 5.74) is -0.00316. The van der Waals surface area contributed by atoms with E-state index in [0.717, 1.165) is 24.3 Å². The Morgan fingerprint density at radius 2 is 2.00 bits per heavy atom. The van der Waals surface area contributed by atoms with Gasteiger partial charge in [0.25, 0.3) is 0 Å². The van der Waals surface area contributed by atoms with Crippen molar-refractivity contribution in [3.05, 3.63) is 59.9 Å². The number of aromatic hydroxyl groups is 1. The molecule has 0 aliphatic heterocycles. The van der Waals surface area contributed by atoms with Crippen molar-refractivity contribution in [1.29, 1.82) is 0 Å². The predicted molar refractivity (Wildman–Crippen MR) is 97.2 cm³/mol. The molecule has 4 aromatic rings. The van der Waals surface area contributed by atoms with Crippen molar-refractivity contribution >= 4 is 11.0 Å². The lowest BCUT2D eigenvalue weighted by molar-refractivity contribution is -0.137. The van der Waals surface area contributed by atoms with Crippen LogP contribution < -0.4 is 0 Å². The van der Waals surface area contributed by atoms with Crippen LogP contribution in [0.25, 0.3) is 22.3 Å². The van der Waals surface area contributed by atoms with Gasteiger partial charge in [0, 0.05) is 17.1 Å². The smallest absolute Gasteiger partial charge is 0.416 e. The Morgan fingerprint density at radius 3 is 2.62 bits per heavy atom. The second-order valence-corrected chi connectivity index (χ2v) is 7.24. The number of halogens is 3. The number of phenols is 1. The van der Waals surface area contributed by atoms with Crippen LogP contribution in [0.4, 0.5) is 13.2 Å². The van der Waals surface area contributed by atoms with E-state index in [4.69, 9.17) is 4.42 Å². The normalized spacial score (nSPS) is 15.7. The van der Waals surface area contributed by atoms with E-state index in [-0.39, 0.29) is 11.1 Å². The molecule has 1 saturated carbocycles. The molecule has 1 aliphatic carbocycles. The fourth-order valence-electron chi connectivity index (χ4n) is 3.64. The van der Waals surface area contributed by atoms with Crippen molar-refractivity contribution in [1.82, 2.24) is 19.7 Å². The Labute approximate surface area is 162 Å². The van der Waals surface area contributed by atoms with Crippen LogP contribution >= 0.6 is 0 Å². The molecule has 29 heavy (non-hydrogen) atoms. The van der Waals surface area contributed by atoms with Crippen molar-refractivity contribution in [2.75, 3.05) is 0 Å². The molecule has 0 radical (unpaired) electrons. The van der Waals surface area contributed by atoms with Gasteiger partial charge in [0.05, 0.1) is 17.5 Å². The number of alkyl halides is 3. The molecule has 0 bridgehead atoms. The number of pyridine rings is 1. The Morgan fingerprint density at radius 1 is 1.21 bits per heavy atom. The molecule has 3 heterocycles. The molecule has 0 atom stereocenters. The first-order valence-corrected chi connectivity index (χ1v) is 8.96. The summed E-state index contributed by atoms with van der Waals surface area (Å²) in [6.07, 6.45) is 2.11. The zero-order valence-corrected chi connectivity index (χ0v) is 15.2. The van der Waals surface area contributed by atoms with Gasteiger partial charge in [-0.2, -0.15) is 18.3 Å². The first kappa shape index (κ1) is 17.7. The largest absolute Gasteiger partial charge is 0.507 e. The summed E-state index contributed by atoms with van der Waals surface area (Å²) in [5, 5.41) is 15.6. The fourth-order valence-corrected chi connectivity index (χ4v) is 3.64. The molecule has 1 aromatic carbocycles. The van der Waals surface area contributed by atoms with E-state index in [2.05, 4.69) is 15.1 Å². The van der Waals surface area contributed by atoms with Crippen LogP contribution in [0, 0.1) is 6.92 Å². The van der Waals surface area contributed by atoms with Gasteiger partial charge in [-0.25, -0.2) is 9.97 Å². The molecule has 0 unspecified atom stereocenters. The third-order valence-corrected chi connectivity index (χ3v) is 5.26. The molecule has 0 saturated heterocycles. The average molecular weight is 400 g/mol. The molecule has 1 N–H and O–H groups in total. The lowest BCUT2D eigenvalue weighted by atomic mass is 10.00. The standard InChI is InChI=1S/C20H15F3N4O2/c1-11-8-13(20(21,22)23)9-15(28)16(11)14-3-2-12-10-27(26-17(12)25-14)19(4-5-19)18-24-6-7-29-18/h2-3,6-10,28H,4-5H2,1H3. The molecule has 5 rings (SSSR count). The summed E-state index contributed by atoms with van der Waals surface area (Å²) in [6.45, 7) is 1.51. The molecule has 1 fully saturated rings. The number of rotatable bonds is 3. The minimum atomic E-state index is -4.53. The average Bonchev–Trinajstić information content (AvgIpc) is 3.09. The Hall–Kier alpha value is -3.36. The van der Waals surface area contributed by atoms with Gasteiger partial charge in [0.15, 0.2) is 5.65 Å². The lowest BCUT2D eigenvalue weighted by Crippen LogP contribution is -2.19. The molecule has 148 valence electrons. The zero-order chi connectivity index (χ0) is 20.4. The molecule has 9 heteroatoms. The SMILES string of the molecule is Cc1cc(C(F)(F)F)cc(O)c1-c1ccc2cn(C3(c4ncco4)CC3)nc2n1. The molecule has 0 amide bonds. The first-order chi connectivity index (χ1) is 13.8. The maximum absolute atomic E-state index is 13.0. The van der Waals surface area contributed by atoms with Crippen LogP contribution in [-0.4, -0.2) is 24.9 Å². The van der Waals surface area contributed by atoms with E-state index >= 15 is 0 Å². The molecular weight excluding hydrogens is 385 g/mol. The van der Waals surface area contributed by atoms with E-state index in [9.17, 15) is 18.3 Å². The van der Waals surface area contributed by atoms with Crippen molar-refractivity contribution in [3.8, 4) is 17.0 Å².